The summed E-state index contributed by atoms with van der Waals surface area (Å²) in [6.07, 6.45) is 4.24. The van der Waals surface area contributed by atoms with Crippen molar-refractivity contribution in [1.82, 2.24) is 15.1 Å². The van der Waals surface area contributed by atoms with E-state index in [4.69, 9.17) is 17.0 Å². The number of hydrogen-bond acceptors (Lipinski definition) is 3. The SMILES string of the molecule is Fc1cccc(Cn2ccc(NC(=S)NCC3CCCO3)n2)c1. The predicted molar refractivity (Wildman–Crippen MR) is 90.9 cm³/mol. The molecular formula is C16H19FN4OS. The molecule has 0 radical (unpaired) electrons. The van der Waals surface area contributed by atoms with Crippen molar-refractivity contribution in [2.75, 3.05) is 18.5 Å². The third-order valence-corrected chi connectivity index (χ3v) is 3.88. The average Bonchev–Trinajstić information content (AvgIpc) is 3.17. The Kier molecular flexibility index (Phi) is 5.19. The van der Waals surface area contributed by atoms with Gasteiger partial charge in [-0.3, -0.25) is 4.68 Å². The number of benzene rings is 1. The topological polar surface area (TPSA) is 51.1 Å². The predicted octanol–water partition coefficient (Wildman–Crippen LogP) is 2.54. The van der Waals surface area contributed by atoms with Crippen LogP contribution in [0.2, 0.25) is 0 Å². The molecular weight excluding hydrogens is 315 g/mol. The zero-order valence-corrected chi connectivity index (χ0v) is 13.5. The number of hydrogen-bond donors (Lipinski definition) is 2. The summed E-state index contributed by atoms with van der Waals surface area (Å²) in [5, 5.41) is 11.1. The molecule has 122 valence electrons. The first kappa shape index (κ1) is 15.9. The van der Waals surface area contributed by atoms with Crippen molar-refractivity contribution in [3.63, 3.8) is 0 Å². The molecule has 0 bridgehead atoms. The molecule has 3 rings (SSSR count). The zero-order valence-electron chi connectivity index (χ0n) is 12.7. The third kappa shape index (κ3) is 4.74. The standard InChI is InChI=1S/C16H19FN4OS/c17-13-4-1-3-12(9-13)11-21-7-6-15(20-21)19-16(23)18-10-14-5-2-8-22-14/h1,3-4,6-7,9,14H,2,5,8,10-11H2,(H2,18,19,20,23). The van der Waals surface area contributed by atoms with E-state index in [1.54, 1.807) is 10.7 Å². The number of thiocarbonyl (C=S) groups is 1. The van der Waals surface area contributed by atoms with Gasteiger partial charge in [-0.2, -0.15) is 5.10 Å². The Balaban J connectivity index is 1.49. The van der Waals surface area contributed by atoms with Gasteiger partial charge in [-0.15, -0.1) is 0 Å². The summed E-state index contributed by atoms with van der Waals surface area (Å²) in [5.74, 6) is 0.416. The van der Waals surface area contributed by atoms with Crippen LogP contribution in [0.3, 0.4) is 0 Å². The smallest absolute Gasteiger partial charge is 0.172 e. The molecule has 0 saturated carbocycles. The lowest BCUT2D eigenvalue weighted by molar-refractivity contribution is 0.114. The molecule has 1 aromatic carbocycles. The molecule has 23 heavy (non-hydrogen) atoms. The second-order valence-electron chi connectivity index (χ2n) is 5.50. The summed E-state index contributed by atoms with van der Waals surface area (Å²) >= 11 is 5.25. The van der Waals surface area contributed by atoms with Gasteiger partial charge in [-0.1, -0.05) is 12.1 Å². The highest BCUT2D eigenvalue weighted by Crippen LogP contribution is 2.11. The third-order valence-electron chi connectivity index (χ3n) is 3.63. The van der Waals surface area contributed by atoms with Gasteiger partial charge in [0.25, 0.3) is 0 Å². The molecule has 5 nitrogen and oxygen atoms in total. The van der Waals surface area contributed by atoms with Crippen LogP contribution in [0.5, 0.6) is 0 Å². The number of ether oxygens (including phenoxy) is 1. The Morgan fingerprint density at radius 2 is 2.35 bits per heavy atom. The van der Waals surface area contributed by atoms with Crippen molar-refractivity contribution >= 4 is 23.1 Å². The van der Waals surface area contributed by atoms with E-state index in [9.17, 15) is 4.39 Å². The summed E-state index contributed by atoms with van der Waals surface area (Å²) in [6, 6.07) is 8.32. The first-order chi connectivity index (χ1) is 11.2. The lowest BCUT2D eigenvalue weighted by Crippen LogP contribution is -2.34. The van der Waals surface area contributed by atoms with E-state index in [1.165, 1.54) is 12.1 Å². The minimum Gasteiger partial charge on any atom is -0.376 e. The van der Waals surface area contributed by atoms with Crippen LogP contribution in [0.4, 0.5) is 10.2 Å². The van der Waals surface area contributed by atoms with Crippen molar-refractivity contribution in [2.24, 2.45) is 0 Å². The molecule has 1 aromatic heterocycles. The molecule has 2 aromatic rings. The lowest BCUT2D eigenvalue weighted by Gasteiger charge is -2.12. The number of rotatable bonds is 5. The molecule has 1 fully saturated rings. The molecule has 1 saturated heterocycles. The van der Waals surface area contributed by atoms with Crippen LogP contribution >= 0.6 is 12.2 Å². The Labute approximate surface area is 139 Å². The van der Waals surface area contributed by atoms with Crippen LogP contribution in [-0.2, 0) is 11.3 Å². The van der Waals surface area contributed by atoms with E-state index in [1.807, 2.05) is 18.3 Å². The van der Waals surface area contributed by atoms with Gasteiger partial charge in [0, 0.05) is 25.4 Å². The first-order valence-corrected chi connectivity index (χ1v) is 8.04. The van der Waals surface area contributed by atoms with Gasteiger partial charge in [0.2, 0.25) is 0 Å². The lowest BCUT2D eigenvalue weighted by atomic mass is 10.2. The van der Waals surface area contributed by atoms with Crippen LogP contribution in [0.25, 0.3) is 0 Å². The van der Waals surface area contributed by atoms with Gasteiger partial charge < -0.3 is 15.4 Å². The van der Waals surface area contributed by atoms with E-state index in [2.05, 4.69) is 15.7 Å². The van der Waals surface area contributed by atoms with E-state index < -0.39 is 0 Å². The van der Waals surface area contributed by atoms with Crippen LogP contribution in [-0.4, -0.2) is 34.1 Å². The van der Waals surface area contributed by atoms with E-state index in [-0.39, 0.29) is 11.9 Å². The van der Waals surface area contributed by atoms with Gasteiger partial charge in [-0.05, 0) is 42.8 Å². The summed E-state index contributed by atoms with van der Waals surface area (Å²) in [6.45, 7) is 2.04. The maximum absolute atomic E-state index is 13.2. The van der Waals surface area contributed by atoms with E-state index >= 15 is 0 Å². The first-order valence-electron chi connectivity index (χ1n) is 7.63. The summed E-state index contributed by atoms with van der Waals surface area (Å²) in [7, 11) is 0. The zero-order chi connectivity index (χ0) is 16.1. The Hall–Kier alpha value is -1.99. The molecule has 1 atom stereocenters. The number of aromatic nitrogens is 2. The number of nitrogens with one attached hydrogen (secondary N) is 2. The van der Waals surface area contributed by atoms with Crippen molar-refractivity contribution in [3.05, 3.63) is 47.9 Å². The fraction of sp³-hybridized carbons (Fsp3) is 0.375. The summed E-state index contributed by atoms with van der Waals surface area (Å²) in [5.41, 5.74) is 0.860. The monoisotopic (exact) mass is 334 g/mol. The van der Waals surface area contributed by atoms with Crippen LogP contribution < -0.4 is 10.6 Å². The van der Waals surface area contributed by atoms with Crippen molar-refractivity contribution in [2.45, 2.75) is 25.5 Å². The van der Waals surface area contributed by atoms with E-state index in [0.29, 0.717) is 24.0 Å². The van der Waals surface area contributed by atoms with Crippen molar-refractivity contribution < 1.29 is 9.13 Å². The minimum absolute atomic E-state index is 0.236. The second kappa shape index (κ2) is 7.52. The highest BCUT2D eigenvalue weighted by molar-refractivity contribution is 7.80. The molecule has 0 spiro atoms. The molecule has 0 aliphatic carbocycles. The molecule has 1 unspecified atom stereocenters. The van der Waals surface area contributed by atoms with Gasteiger partial charge in [0.1, 0.15) is 5.82 Å². The van der Waals surface area contributed by atoms with Crippen molar-refractivity contribution in [3.8, 4) is 0 Å². The number of nitrogens with zero attached hydrogens (tertiary/aromatic N) is 2. The molecule has 1 aliphatic rings. The largest absolute Gasteiger partial charge is 0.376 e. The summed E-state index contributed by atoms with van der Waals surface area (Å²) < 4.78 is 20.5. The highest BCUT2D eigenvalue weighted by Gasteiger charge is 2.15. The maximum atomic E-state index is 13.2. The van der Waals surface area contributed by atoms with Crippen molar-refractivity contribution in [1.29, 1.82) is 0 Å². The molecule has 1 aliphatic heterocycles. The van der Waals surface area contributed by atoms with Crippen LogP contribution in [0.15, 0.2) is 36.5 Å². The Morgan fingerprint density at radius 1 is 1.43 bits per heavy atom. The minimum atomic E-state index is -0.243. The number of halogens is 1. The fourth-order valence-corrected chi connectivity index (χ4v) is 2.70. The molecule has 0 amide bonds. The number of anilines is 1. The second-order valence-corrected chi connectivity index (χ2v) is 5.91. The normalized spacial score (nSPS) is 17.2. The van der Waals surface area contributed by atoms with Gasteiger partial charge >= 0.3 is 0 Å². The quantitative estimate of drug-likeness (QED) is 0.823. The summed E-state index contributed by atoms with van der Waals surface area (Å²) in [4.78, 5) is 0. The molecule has 2 N–H and O–H groups in total. The van der Waals surface area contributed by atoms with Crippen LogP contribution in [0.1, 0.15) is 18.4 Å². The van der Waals surface area contributed by atoms with Gasteiger partial charge in [0.05, 0.1) is 12.6 Å². The molecule has 7 heteroatoms. The van der Waals surface area contributed by atoms with Gasteiger partial charge in [0.15, 0.2) is 10.9 Å². The van der Waals surface area contributed by atoms with Gasteiger partial charge in [-0.25, -0.2) is 4.39 Å². The maximum Gasteiger partial charge on any atom is 0.172 e. The Morgan fingerprint density at radius 3 is 3.13 bits per heavy atom. The Bertz CT molecular complexity index is 670. The highest BCUT2D eigenvalue weighted by atomic mass is 32.1. The fourth-order valence-electron chi connectivity index (χ4n) is 2.51. The average molecular weight is 334 g/mol. The van der Waals surface area contributed by atoms with Crippen LogP contribution in [0, 0.1) is 5.82 Å². The van der Waals surface area contributed by atoms with E-state index in [0.717, 1.165) is 25.0 Å². The molecule has 2 heterocycles.